The maximum Gasteiger partial charge on any atom is 0.656 e. The SMILES string of the molecule is CO[Si](OC)(O[SiH3])O[SiH3]. The van der Waals surface area contributed by atoms with Gasteiger partial charge < -0.3 is 17.1 Å². The largest absolute Gasteiger partial charge is 0.656 e. The summed E-state index contributed by atoms with van der Waals surface area (Å²) in [6.07, 6.45) is 0. The van der Waals surface area contributed by atoms with Crippen molar-refractivity contribution in [3.63, 3.8) is 0 Å². The monoisotopic (exact) mass is 184 g/mol. The van der Waals surface area contributed by atoms with Gasteiger partial charge in [0.1, 0.15) is 21.0 Å². The first-order valence-electron chi connectivity index (χ1n) is 2.45. The third-order valence-corrected chi connectivity index (χ3v) is 6.00. The maximum atomic E-state index is 5.03. The van der Waals surface area contributed by atoms with Gasteiger partial charge in [0.05, 0.1) is 0 Å². The molecule has 0 saturated heterocycles. The molecule has 0 rings (SSSR count). The molecule has 56 valence electrons. The van der Waals surface area contributed by atoms with Crippen molar-refractivity contribution in [2.24, 2.45) is 0 Å². The molecule has 0 aromatic carbocycles. The Hall–Kier alpha value is 0.491. The number of hydrogen-bond donors (Lipinski definition) is 0. The van der Waals surface area contributed by atoms with E-state index in [1.165, 1.54) is 14.2 Å². The van der Waals surface area contributed by atoms with Gasteiger partial charge >= 0.3 is 9.05 Å². The van der Waals surface area contributed by atoms with Crippen molar-refractivity contribution in [2.45, 2.75) is 0 Å². The van der Waals surface area contributed by atoms with E-state index < -0.39 is 9.05 Å². The number of rotatable bonds is 4. The predicted molar refractivity (Wildman–Crippen MR) is 41.8 cm³/mol. The lowest BCUT2D eigenvalue weighted by Crippen LogP contribution is -2.46. The van der Waals surface area contributed by atoms with E-state index in [4.69, 9.17) is 17.1 Å². The fraction of sp³-hybridized carbons (Fsp3) is 1.00. The Balaban J connectivity index is 3.82. The molecule has 0 aliphatic carbocycles. The van der Waals surface area contributed by atoms with E-state index >= 15 is 0 Å². The van der Waals surface area contributed by atoms with Gasteiger partial charge in [-0.15, -0.1) is 0 Å². The van der Waals surface area contributed by atoms with Gasteiger partial charge in [0.15, 0.2) is 0 Å². The van der Waals surface area contributed by atoms with Crippen LogP contribution in [-0.2, 0) is 17.1 Å². The highest BCUT2D eigenvalue weighted by Crippen LogP contribution is 2.03. The molecule has 0 saturated carbocycles. The van der Waals surface area contributed by atoms with Gasteiger partial charge in [-0.3, -0.25) is 0 Å². The number of hydrogen-bond acceptors (Lipinski definition) is 4. The Kier molecular flexibility index (Phi) is 4.56. The molecule has 0 aromatic rings. The van der Waals surface area contributed by atoms with Crippen molar-refractivity contribution in [3.8, 4) is 0 Å². The molecular formula is C2H12O4Si3. The fourth-order valence-electron chi connectivity index (χ4n) is 0.500. The van der Waals surface area contributed by atoms with Crippen LogP contribution in [-0.4, -0.2) is 44.2 Å². The van der Waals surface area contributed by atoms with Crippen LogP contribution in [0.2, 0.25) is 0 Å². The summed E-state index contributed by atoms with van der Waals surface area (Å²) in [7, 11) is 1.67. The van der Waals surface area contributed by atoms with Crippen molar-refractivity contribution in [2.75, 3.05) is 14.2 Å². The first-order valence-corrected chi connectivity index (χ1v) is 5.72. The van der Waals surface area contributed by atoms with Crippen molar-refractivity contribution < 1.29 is 17.1 Å². The minimum Gasteiger partial charge on any atom is -0.403 e. The summed E-state index contributed by atoms with van der Waals surface area (Å²) < 4.78 is 19.9. The summed E-state index contributed by atoms with van der Waals surface area (Å²) in [5.41, 5.74) is 0. The molecule has 0 atom stereocenters. The van der Waals surface area contributed by atoms with Gasteiger partial charge in [-0.2, -0.15) is 0 Å². The molecule has 0 aromatic heterocycles. The third-order valence-electron chi connectivity index (χ3n) is 1.00. The Labute approximate surface area is 62.0 Å². The second-order valence-electron chi connectivity index (χ2n) is 1.32. The summed E-state index contributed by atoms with van der Waals surface area (Å²) in [6.45, 7) is 0. The van der Waals surface area contributed by atoms with Crippen molar-refractivity contribution >= 4 is 30.0 Å². The lowest BCUT2D eigenvalue weighted by Gasteiger charge is -2.21. The normalized spacial score (nSPS) is 12.7. The molecule has 0 N–H and O–H groups in total. The van der Waals surface area contributed by atoms with Gasteiger partial charge in [0, 0.05) is 14.2 Å². The Morgan fingerprint density at radius 3 is 1.33 bits per heavy atom. The van der Waals surface area contributed by atoms with Crippen LogP contribution in [0.5, 0.6) is 0 Å². The molecule has 0 bridgehead atoms. The Morgan fingerprint density at radius 1 is 1.00 bits per heavy atom. The lowest BCUT2D eigenvalue weighted by molar-refractivity contribution is 0.0907. The zero-order valence-corrected chi connectivity index (χ0v) is 11.1. The van der Waals surface area contributed by atoms with Crippen molar-refractivity contribution in [3.05, 3.63) is 0 Å². The summed E-state index contributed by atoms with van der Waals surface area (Å²) in [4.78, 5) is 0. The van der Waals surface area contributed by atoms with E-state index in [0.717, 1.165) is 0 Å². The fourth-order valence-corrected chi connectivity index (χ4v) is 5.50. The maximum absolute atomic E-state index is 5.03. The molecule has 7 heteroatoms. The molecule has 0 fully saturated rings. The molecular weight excluding hydrogens is 172 g/mol. The molecule has 0 aliphatic heterocycles. The van der Waals surface area contributed by atoms with E-state index in [9.17, 15) is 0 Å². The topological polar surface area (TPSA) is 36.9 Å². The summed E-state index contributed by atoms with van der Waals surface area (Å²) >= 11 is 0. The smallest absolute Gasteiger partial charge is 0.403 e. The zero-order valence-electron chi connectivity index (χ0n) is 6.13. The highest BCUT2D eigenvalue weighted by molar-refractivity contribution is 6.60. The zero-order chi connectivity index (χ0) is 7.33. The summed E-state index contributed by atoms with van der Waals surface area (Å²) in [5.74, 6) is 0. The average Bonchev–Trinajstić information content (AvgIpc) is 1.95. The van der Waals surface area contributed by atoms with Gasteiger partial charge in [-0.05, 0) is 0 Å². The van der Waals surface area contributed by atoms with E-state index in [0.29, 0.717) is 21.0 Å². The minimum atomic E-state index is -2.57. The first kappa shape index (κ1) is 9.49. The highest BCUT2D eigenvalue weighted by Gasteiger charge is 2.38. The van der Waals surface area contributed by atoms with Crippen LogP contribution in [0.4, 0.5) is 0 Å². The molecule has 0 aliphatic rings. The van der Waals surface area contributed by atoms with E-state index in [2.05, 4.69) is 0 Å². The Bertz CT molecular complexity index is 56.7. The van der Waals surface area contributed by atoms with Crippen LogP contribution in [0.3, 0.4) is 0 Å². The molecule has 0 spiro atoms. The molecule has 9 heavy (non-hydrogen) atoms. The van der Waals surface area contributed by atoms with Gasteiger partial charge in [0.2, 0.25) is 0 Å². The van der Waals surface area contributed by atoms with E-state index in [1.54, 1.807) is 0 Å². The van der Waals surface area contributed by atoms with Crippen molar-refractivity contribution in [1.29, 1.82) is 0 Å². The van der Waals surface area contributed by atoms with Crippen LogP contribution >= 0.6 is 0 Å². The van der Waals surface area contributed by atoms with Crippen LogP contribution in [0.1, 0.15) is 0 Å². The molecule has 0 radical (unpaired) electrons. The van der Waals surface area contributed by atoms with Gasteiger partial charge in [-0.25, -0.2) is 0 Å². The van der Waals surface area contributed by atoms with Crippen LogP contribution in [0.25, 0.3) is 0 Å². The highest BCUT2D eigenvalue weighted by atomic mass is 28.5. The van der Waals surface area contributed by atoms with E-state index in [-0.39, 0.29) is 0 Å². The van der Waals surface area contributed by atoms with Crippen LogP contribution < -0.4 is 0 Å². The predicted octanol–water partition coefficient (Wildman–Crippen LogP) is -2.69. The standard InChI is InChI=1S/C2H12O4Si3/c1-3-9(4-2,5-7)6-8/h1-2,7-8H3. The van der Waals surface area contributed by atoms with Crippen LogP contribution in [0.15, 0.2) is 0 Å². The average molecular weight is 184 g/mol. The minimum absolute atomic E-state index is 0.584. The third kappa shape index (κ3) is 2.29. The second kappa shape index (κ2) is 4.33. The quantitative estimate of drug-likeness (QED) is 0.446. The second-order valence-corrected chi connectivity index (χ2v) is 6.40. The summed E-state index contributed by atoms with van der Waals surface area (Å²) in [5, 5.41) is 0. The molecule has 4 nitrogen and oxygen atoms in total. The molecule has 0 unspecified atom stereocenters. The lowest BCUT2D eigenvalue weighted by atomic mass is 11.8. The van der Waals surface area contributed by atoms with E-state index in [1.807, 2.05) is 0 Å². The Morgan fingerprint density at radius 2 is 1.33 bits per heavy atom. The summed E-state index contributed by atoms with van der Waals surface area (Å²) in [6, 6.07) is 0. The van der Waals surface area contributed by atoms with Crippen molar-refractivity contribution in [1.82, 2.24) is 0 Å². The molecule has 0 heterocycles. The molecule has 0 amide bonds. The first-order chi connectivity index (χ1) is 4.24. The van der Waals surface area contributed by atoms with Crippen LogP contribution in [0, 0.1) is 0 Å². The van der Waals surface area contributed by atoms with Gasteiger partial charge in [-0.1, -0.05) is 0 Å². The van der Waals surface area contributed by atoms with Gasteiger partial charge in [0.25, 0.3) is 0 Å².